The molecule has 1 unspecified atom stereocenters. The van der Waals surface area contributed by atoms with Gasteiger partial charge in [0.2, 0.25) is 0 Å². The molecule has 0 aliphatic rings. The molecule has 20 heavy (non-hydrogen) atoms. The number of carbonyl (C=O) groups excluding carboxylic acids is 1. The Morgan fingerprint density at radius 1 is 1.40 bits per heavy atom. The number of methoxy groups -OCH3 is 1. The van der Waals surface area contributed by atoms with E-state index in [1.807, 2.05) is 6.92 Å². The first kappa shape index (κ1) is 16.4. The molecule has 1 aromatic carbocycles. The van der Waals surface area contributed by atoms with Crippen molar-refractivity contribution >= 4 is 5.97 Å². The van der Waals surface area contributed by atoms with Crippen molar-refractivity contribution in [3.8, 4) is 5.75 Å². The molecule has 0 aliphatic carbocycles. The van der Waals surface area contributed by atoms with Gasteiger partial charge in [-0.25, -0.2) is 4.39 Å². The third kappa shape index (κ3) is 4.81. The highest BCUT2D eigenvalue weighted by Crippen LogP contribution is 2.22. The van der Waals surface area contributed by atoms with Crippen molar-refractivity contribution in [3.63, 3.8) is 0 Å². The summed E-state index contributed by atoms with van der Waals surface area (Å²) in [5, 5.41) is 0. The highest BCUT2D eigenvalue weighted by molar-refractivity contribution is 5.75. The van der Waals surface area contributed by atoms with Crippen molar-refractivity contribution in [3.05, 3.63) is 29.6 Å². The van der Waals surface area contributed by atoms with Gasteiger partial charge in [-0.2, -0.15) is 0 Å². The van der Waals surface area contributed by atoms with Gasteiger partial charge in [0, 0.05) is 12.1 Å². The van der Waals surface area contributed by atoms with Gasteiger partial charge in [-0.1, -0.05) is 0 Å². The van der Waals surface area contributed by atoms with Gasteiger partial charge in [0.25, 0.3) is 0 Å². The maximum absolute atomic E-state index is 13.5. The number of carbonyl (C=O) groups is 1. The zero-order chi connectivity index (χ0) is 15.3. The van der Waals surface area contributed by atoms with E-state index in [1.54, 1.807) is 19.9 Å². The highest BCUT2D eigenvalue weighted by atomic mass is 19.1. The summed E-state index contributed by atoms with van der Waals surface area (Å²) >= 11 is 0. The molecular weight excluding hydrogens is 261 g/mol. The molecule has 0 amide bonds. The highest BCUT2D eigenvalue weighted by Gasteiger charge is 2.29. The number of hydrogen-bond donors (Lipinski definition) is 1. The third-order valence-electron chi connectivity index (χ3n) is 2.83. The smallest absolute Gasteiger partial charge is 0.314 e. The molecule has 1 atom stereocenters. The van der Waals surface area contributed by atoms with E-state index in [-0.39, 0.29) is 24.4 Å². The van der Waals surface area contributed by atoms with Gasteiger partial charge in [0.15, 0.2) is 0 Å². The number of esters is 1. The van der Waals surface area contributed by atoms with Crippen LogP contribution in [0.25, 0.3) is 0 Å². The molecule has 0 saturated heterocycles. The van der Waals surface area contributed by atoms with Crippen molar-refractivity contribution in [2.75, 3.05) is 13.7 Å². The molecule has 2 N–H and O–H groups in total. The minimum absolute atomic E-state index is 0.0591. The topological polar surface area (TPSA) is 61.5 Å². The summed E-state index contributed by atoms with van der Waals surface area (Å²) in [5.74, 6) is -0.364. The fraction of sp³-hybridized carbons (Fsp3) is 0.533. The second-order valence-corrected chi connectivity index (χ2v) is 5.64. The summed E-state index contributed by atoms with van der Waals surface area (Å²) in [6, 6.07) is 4.40. The SMILES string of the molecule is COC(=O)C(C)(C)COc1cc(F)cc(CC(C)N)c1. The van der Waals surface area contributed by atoms with Crippen LogP contribution in [0.15, 0.2) is 18.2 Å². The number of ether oxygens (including phenoxy) is 2. The first-order chi connectivity index (χ1) is 9.24. The van der Waals surface area contributed by atoms with Crippen LogP contribution in [-0.4, -0.2) is 25.7 Å². The first-order valence-corrected chi connectivity index (χ1v) is 6.51. The Balaban J connectivity index is 2.77. The van der Waals surface area contributed by atoms with Crippen LogP contribution in [0, 0.1) is 11.2 Å². The summed E-state index contributed by atoms with van der Waals surface area (Å²) in [6.07, 6.45) is 0.564. The molecule has 0 saturated carbocycles. The second kappa shape index (κ2) is 6.70. The molecule has 112 valence electrons. The molecule has 0 spiro atoms. The van der Waals surface area contributed by atoms with Crippen LogP contribution in [-0.2, 0) is 16.0 Å². The Morgan fingerprint density at radius 3 is 2.60 bits per heavy atom. The predicted molar refractivity (Wildman–Crippen MR) is 75.0 cm³/mol. The Hall–Kier alpha value is -1.62. The lowest BCUT2D eigenvalue weighted by Crippen LogP contribution is -2.32. The molecule has 0 aromatic heterocycles. The minimum Gasteiger partial charge on any atom is -0.492 e. The van der Waals surface area contributed by atoms with E-state index in [1.165, 1.54) is 19.2 Å². The fourth-order valence-electron chi connectivity index (χ4n) is 1.79. The van der Waals surface area contributed by atoms with Crippen LogP contribution in [0.1, 0.15) is 26.3 Å². The van der Waals surface area contributed by atoms with E-state index in [0.717, 1.165) is 5.56 Å². The van der Waals surface area contributed by atoms with E-state index in [2.05, 4.69) is 0 Å². The molecule has 0 fully saturated rings. The van der Waals surface area contributed by atoms with Gasteiger partial charge in [-0.05, 0) is 44.9 Å². The van der Waals surface area contributed by atoms with Crippen LogP contribution in [0.4, 0.5) is 4.39 Å². The van der Waals surface area contributed by atoms with Crippen LogP contribution >= 0.6 is 0 Å². The third-order valence-corrected chi connectivity index (χ3v) is 2.83. The van der Waals surface area contributed by atoms with Crippen molar-refractivity contribution in [1.82, 2.24) is 0 Å². The molecule has 0 radical (unpaired) electrons. The Kier molecular flexibility index (Phi) is 5.51. The minimum atomic E-state index is -0.789. The molecule has 0 heterocycles. The van der Waals surface area contributed by atoms with Crippen molar-refractivity contribution in [1.29, 1.82) is 0 Å². The van der Waals surface area contributed by atoms with E-state index in [9.17, 15) is 9.18 Å². The Morgan fingerprint density at radius 2 is 2.05 bits per heavy atom. The summed E-state index contributed by atoms with van der Waals surface area (Å²) in [7, 11) is 1.33. The number of rotatable bonds is 6. The van der Waals surface area contributed by atoms with Crippen LogP contribution < -0.4 is 10.5 Å². The summed E-state index contributed by atoms with van der Waals surface area (Å²) in [4.78, 5) is 11.5. The lowest BCUT2D eigenvalue weighted by molar-refractivity contribution is -0.152. The van der Waals surface area contributed by atoms with E-state index in [0.29, 0.717) is 12.2 Å². The monoisotopic (exact) mass is 283 g/mol. The predicted octanol–water partition coefficient (Wildman–Crippen LogP) is 2.29. The zero-order valence-corrected chi connectivity index (χ0v) is 12.4. The van der Waals surface area contributed by atoms with E-state index >= 15 is 0 Å². The number of hydrogen-bond acceptors (Lipinski definition) is 4. The summed E-state index contributed by atoms with van der Waals surface area (Å²) < 4.78 is 23.7. The standard InChI is InChI=1S/C15H22FNO3/c1-10(17)5-11-6-12(16)8-13(7-11)20-9-15(2,3)14(18)19-4/h6-8,10H,5,9,17H2,1-4H3. The molecular formula is C15H22FNO3. The number of benzene rings is 1. The van der Waals surface area contributed by atoms with Gasteiger partial charge in [0.1, 0.15) is 18.2 Å². The molecule has 5 heteroatoms. The zero-order valence-electron chi connectivity index (χ0n) is 12.4. The van der Waals surface area contributed by atoms with Gasteiger partial charge in [-0.3, -0.25) is 4.79 Å². The Bertz CT molecular complexity index is 472. The Labute approximate surface area is 119 Å². The number of nitrogens with two attached hydrogens (primary N) is 1. The van der Waals surface area contributed by atoms with Crippen LogP contribution in [0.3, 0.4) is 0 Å². The fourth-order valence-corrected chi connectivity index (χ4v) is 1.79. The quantitative estimate of drug-likeness (QED) is 0.814. The molecule has 0 bridgehead atoms. The summed E-state index contributed by atoms with van der Waals surface area (Å²) in [5.41, 5.74) is 5.68. The lowest BCUT2D eigenvalue weighted by atomic mass is 9.95. The summed E-state index contributed by atoms with van der Waals surface area (Å²) in [6.45, 7) is 5.38. The average Bonchev–Trinajstić information content (AvgIpc) is 2.34. The maximum Gasteiger partial charge on any atom is 0.314 e. The second-order valence-electron chi connectivity index (χ2n) is 5.64. The number of halogens is 1. The average molecular weight is 283 g/mol. The first-order valence-electron chi connectivity index (χ1n) is 6.51. The molecule has 1 aromatic rings. The van der Waals surface area contributed by atoms with Gasteiger partial charge in [0.05, 0.1) is 12.5 Å². The normalized spacial score (nSPS) is 12.9. The van der Waals surface area contributed by atoms with Gasteiger partial charge < -0.3 is 15.2 Å². The maximum atomic E-state index is 13.5. The molecule has 4 nitrogen and oxygen atoms in total. The molecule has 1 rings (SSSR count). The van der Waals surface area contributed by atoms with E-state index < -0.39 is 5.41 Å². The van der Waals surface area contributed by atoms with Gasteiger partial charge in [-0.15, -0.1) is 0 Å². The van der Waals surface area contributed by atoms with Gasteiger partial charge >= 0.3 is 5.97 Å². The largest absolute Gasteiger partial charge is 0.492 e. The van der Waals surface area contributed by atoms with Crippen LogP contribution in [0.2, 0.25) is 0 Å². The lowest BCUT2D eigenvalue weighted by Gasteiger charge is -2.22. The van der Waals surface area contributed by atoms with Crippen molar-refractivity contribution in [2.45, 2.75) is 33.2 Å². The molecule has 0 aliphatic heterocycles. The van der Waals surface area contributed by atoms with E-state index in [4.69, 9.17) is 15.2 Å². The van der Waals surface area contributed by atoms with Crippen LogP contribution in [0.5, 0.6) is 5.75 Å². The van der Waals surface area contributed by atoms with Crippen molar-refractivity contribution in [2.24, 2.45) is 11.1 Å². The van der Waals surface area contributed by atoms with Crippen molar-refractivity contribution < 1.29 is 18.7 Å².